The quantitative estimate of drug-likeness (QED) is 0.798. The van der Waals surface area contributed by atoms with Crippen LogP contribution in [0.2, 0.25) is 0 Å². The number of hydrazine groups is 1. The van der Waals surface area contributed by atoms with Gasteiger partial charge >= 0.3 is 5.97 Å². The average molecular weight is 330 g/mol. The van der Waals surface area contributed by atoms with Crippen LogP contribution >= 0.6 is 0 Å². The van der Waals surface area contributed by atoms with Gasteiger partial charge in [-0.2, -0.15) is 0 Å². The van der Waals surface area contributed by atoms with Gasteiger partial charge in [-0.15, -0.1) is 0 Å². The van der Waals surface area contributed by atoms with E-state index in [4.69, 9.17) is 5.11 Å². The molecule has 0 atom stereocenters. The number of carboxylic acid groups (broad SMARTS) is 1. The molecule has 0 aliphatic carbocycles. The van der Waals surface area contributed by atoms with Crippen molar-refractivity contribution in [3.05, 3.63) is 42.0 Å². The van der Waals surface area contributed by atoms with Gasteiger partial charge in [-0.1, -0.05) is 43.7 Å². The number of hydrogen-bond acceptors (Lipinski definition) is 4. The summed E-state index contributed by atoms with van der Waals surface area (Å²) in [6.07, 6.45) is 5.40. The van der Waals surface area contributed by atoms with Crippen molar-refractivity contribution in [3.8, 4) is 5.75 Å². The van der Waals surface area contributed by atoms with Gasteiger partial charge in [0, 0.05) is 19.6 Å². The van der Waals surface area contributed by atoms with Crippen LogP contribution in [0.15, 0.2) is 36.4 Å². The van der Waals surface area contributed by atoms with Gasteiger partial charge in [-0.3, -0.25) is 5.43 Å². The molecular formula is C19H26N2O3. The Morgan fingerprint density at radius 3 is 2.50 bits per heavy atom. The van der Waals surface area contributed by atoms with Crippen LogP contribution in [-0.2, 0) is 0 Å². The molecule has 1 heterocycles. The lowest BCUT2D eigenvalue weighted by molar-refractivity contribution is 0.0696. The van der Waals surface area contributed by atoms with Crippen molar-refractivity contribution in [1.82, 2.24) is 10.4 Å². The van der Waals surface area contributed by atoms with Crippen molar-refractivity contribution in [2.45, 2.75) is 32.6 Å². The molecule has 0 bridgehead atoms. The second-order valence-corrected chi connectivity index (χ2v) is 5.94. The highest BCUT2D eigenvalue weighted by atomic mass is 16.4. The number of aromatic carboxylic acids is 1. The first-order chi connectivity index (χ1) is 11.6. The van der Waals surface area contributed by atoms with Crippen molar-refractivity contribution in [2.75, 3.05) is 19.6 Å². The number of carboxylic acids is 1. The molecule has 1 aliphatic heterocycles. The zero-order chi connectivity index (χ0) is 17.4. The first-order valence-corrected chi connectivity index (χ1v) is 8.56. The van der Waals surface area contributed by atoms with Crippen LogP contribution in [-0.4, -0.2) is 40.8 Å². The number of piperidine rings is 1. The number of nitrogens with zero attached hydrogens (tertiary/aromatic N) is 1. The Balaban J connectivity index is 0.000000185. The Morgan fingerprint density at radius 2 is 1.83 bits per heavy atom. The molecule has 2 aromatic rings. The van der Waals surface area contributed by atoms with Gasteiger partial charge < -0.3 is 10.2 Å². The molecule has 1 saturated heterocycles. The molecule has 1 aliphatic rings. The lowest BCUT2D eigenvalue weighted by atomic mass is 10.0. The number of rotatable bonds is 4. The Morgan fingerprint density at radius 1 is 1.12 bits per heavy atom. The number of carbonyl (C=O) groups is 1. The second kappa shape index (κ2) is 9.25. The second-order valence-electron chi connectivity index (χ2n) is 5.94. The molecule has 0 radical (unpaired) electrons. The topological polar surface area (TPSA) is 72.8 Å². The molecule has 24 heavy (non-hydrogen) atoms. The highest BCUT2D eigenvalue weighted by Crippen LogP contribution is 2.26. The van der Waals surface area contributed by atoms with Crippen molar-refractivity contribution in [1.29, 1.82) is 0 Å². The Kier molecular flexibility index (Phi) is 7.03. The number of phenols is 1. The Labute approximate surface area is 142 Å². The molecule has 0 spiro atoms. The fourth-order valence-electron chi connectivity index (χ4n) is 2.81. The fraction of sp³-hybridized carbons (Fsp3) is 0.421. The molecule has 0 unspecified atom stereocenters. The van der Waals surface area contributed by atoms with E-state index >= 15 is 0 Å². The third-order valence-electron chi connectivity index (χ3n) is 4.06. The van der Waals surface area contributed by atoms with E-state index in [2.05, 4.69) is 17.4 Å². The monoisotopic (exact) mass is 330 g/mol. The van der Waals surface area contributed by atoms with Gasteiger partial charge in [-0.05, 0) is 36.1 Å². The summed E-state index contributed by atoms with van der Waals surface area (Å²) in [5, 5.41) is 22.0. The third kappa shape index (κ3) is 4.94. The van der Waals surface area contributed by atoms with E-state index in [1.165, 1.54) is 44.8 Å². The zero-order valence-corrected chi connectivity index (χ0v) is 14.2. The molecule has 0 amide bonds. The van der Waals surface area contributed by atoms with E-state index in [9.17, 15) is 9.90 Å². The molecule has 0 aromatic heterocycles. The maximum Gasteiger partial charge on any atom is 0.340 e. The predicted molar refractivity (Wildman–Crippen MR) is 96.3 cm³/mol. The lowest BCUT2D eigenvalue weighted by Crippen LogP contribution is -2.41. The van der Waals surface area contributed by atoms with Crippen LogP contribution < -0.4 is 5.43 Å². The smallest absolute Gasteiger partial charge is 0.340 e. The Bertz CT molecular complexity index is 667. The first-order valence-electron chi connectivity index (χ1n) is 8.56. The van der Waals surface area contributed by atoms with Crippen molar-refractivity contribution < 1.29 is 15.0 Å². The number of fused-ring (bicyclic) bond motifs is 1. The standard InChI is InChI=1S/C11H8O3.C8H18N2/c12-9-6-5-7-3-1-2-4-8(7)10(9)11(13)14;1-2-6-9-10-7-4-3-5-8-10/h1-6,12H,(H,13,14);9H,2-8H2,1H3. The third-order valence-corrected chi connectivity index (χ3v) is 4.06. The van der Waals surface area contributed by atoms with Crippen LogP contribution in [0.25, 0.3) is 10.8 Å². The van der Waals surface area contributed by atoms with Crippen molar-refractivity contribution in [3.63, 3.8) is 0 Å². The predicted octanol–water partition coefficient (Wildman–Crippen LogP) is 3.63. The van der Waals surface area contributed by atoms with E-state index in [0.29, 0.717) is 5.39 Å². The van der Waals surface area contributed by atoms with E-state index in [1.54, 1.807) is 24.3 Å². The summed E-state index contributed by atoms with van der Waals surface area (Å²) < 4.78 is 0. The van der Waals surface area contributed by atoms with E-state index < -0.39 is 5.97 Å². The fourth-order valence-corrected chi connectivity index (χ4v) is 2.81. The maximum atomic E-state index is 10.9. The minimum absolute atomic E-state index is 0.0388. The molecule has 5 nitrogen and oxygen atoms in total. The van der Waals surface area contributed by atoms with Gasteiger partial charge in [0.25, 0.3) is 0 Å². The molecule has 3 rings (SSSR count). The molecular weight excluding hydrogens is 304 g/mol. The van der Waals surface area contributed by atoms with Crippen molar-refractivity contribution >= 4 is 16.7 Å². The van der Waals surface area contributed by atoms with Crippen LogP contribution in [0, 0.1) is 0 Å². The van der Waals surface area contributed by atoms with Gasteiger partial charge in [0.2, 0.25) is 0 Å². The first kappa shape index (κ1) is 18.2. The largest absolute Gasteiger partial charge is 0.507 e. The summed E-state index contributed by atoms with van der Waals surface area (Å²) in [5.74, 6) is -1.31. The normalized spacial score (nSPS) is 14.9. The van der Waals surface area contributed by atoms with Gasteiger partial charge in [0.15, 0.2) is 0 Å². The van der Waals surface area contributed by atoms with Crippen LogP contribution in [0.5, 0.6) is 5.75 Å². The summed E-state index contributed by atoms with van der Waals surface area (Å²) >= 11 is 0. The summed E-state index contributed by atoms with van der Waals surface area (Å²) in [6, 6.07) is 10.1. The minimum atomic E-state index is -1.11. The summed E-state index contributed by atoms with van der Waals surface area (Å²) in [6.45, 7) is 5.84. The van der Waals surface area contributed by atoms with E-state index in [-0.39, 0.29) is 11.3 Å². The zero-order valence-electron chi connectivity index (χ0n) is 14.2. The number of nitrogens with one attached hydrogen (secondary N) is 1. The molecule has 0 saturated carbocycles. The van der Waals surface area contributed by atoms with E-state index in [1.807, 2.05) is 6.07 Å². The summed E-state index contributed by atoms with van der Waals surface area (Å²) in [5.41, 5.74) is 3.37. The maximum absolute atomic E-state index is 10.9. The number of benzene rings is 2. The van der Waals surface area contributed by atoms with Crippen LogP contribution in [0.3, 0.4) is 0 Å². The van der Waals surface area contributed by atoms with Crippen molar-refractivity contribution in [2.24, 2.45) is 0 Å². The molecule has 3 N–H and O–H groups in total. The number of aromatic hydroxyl groups is 1. The van der Waals surface area contributed by atoms with E-state index in [0.717, 1.165) is 11.9 Å². The number of hydrogen-bond donors (Lipinski definition) is 3. The minimum Gasteiger partial charge on any atom is -0.507 e. The van der Waals surface area contributed by atoms with Crippen LogP contribution in [0.4, 0.5) is 0 Å². The molecule has 1 fully saturated rings. The van der Waals surface area contributed by atoms with Crippen LogP contribution in [0.1, 0.15) is 43.0 Å². The Hall–Kier alpha value is -2.11. The summed E-state index contributed by atoms with van der Waals surface area (Å²) in [7, 11) is 0. The average Bonchev–Trinajstić information content (AvgIpc) is 2.61. The molecule has 130 valence electrons. The van der Waals surface area contributed by atoms with Gasteiger partial charge in [-0.25, -0.2) is 9.80 Å². The molecule has 5 heteroatoms. The lowest BCUT2D eigenvalue weighted by Gasteiger charge is -2.26. The molecule has 2 aromatic carbocycles. The summed E-state index contributed by atoms with van der Waals surface area (Å²) in [4.78, 5) is 10.9. The highest BCUT2D eigenvalue weighted by Gasteiger charge is 2.12. The van der Waals surface area contributed by atoms with Gasteiger partial charge in [0.1, 0.15) is 11.3 Å². The van der Waals surface area contributed by atoms with Gasteiger partial charge in [0.05, 0.1) is 0 Å². The SMILES string of the molecule is CCCNN1CCCCC1.O=C(O)c1c(O)ccc2ccccc12. The highest BCUT2D eigenvalue weighted by molar-refractivity contribution is 6.06.